The number of nitrogens with zero attached hydrogens (tertiary/aromatic N) is 2. The van der Waals surface area contributed by atoms with E-state index in [1.807, 2.05) is 0 Å². The van der Waals surface area contributed by atoms with E-state index in [2.05, 4.69) is 15.2 Å². The number of carbonyl (C=O) groups is 1. The molecule has 0 spiro atoms. The van der Waals surface area contributed by atoms with Crippen LogP contribution in [0.2, 0.25) is 0 Å². The van der Waals surface area contributed by atoms with Gasteiger partial charge in [0, 0.05) is 0 Å². The zero-order valence-electron chi connectivity index (χ0n) is 9.51. The van der Waals surface area contributed by atoms with Crippen LogP contribution in [0, 0.1) is 5.82 Å². The van der Waals surface area contributed by atoms with Crippen LogP contribution >= 0.6 is 11.8 Å². The average molecular weight is 267 g/mol. The Hall–Kier alpha value is -1.89. The normalized spacial score (nSPS) is 10.3. The molecule has 5 nitrogen and oxygen atoms in total. The molecule has 0 aliphatic carbocycles. The van der Waals surface area contributed by atoms with Gasteiger partial charge in [0.25, 0.3) is 0 Å². The van der Waals surface area contributed by atoms with Crippen LogP contribution in [0.5, 0.6) is 5.75 Å². The van der Waals surface area contributed by atoms with Gasteiger partial charge in [-0.25, -0.2) is 9.37 Å². The molecule has 0 saturated carbocycles. The monoisotopic (exact) mass is 267 g/mol. The van der Waals surface area contributed by atoms with Gasteiger partial charge in [-0.3, -0.25) is 9.89 Å². The van der Waals surface area contributed by atoms with Crippen LogP contribution in [-0.2, 0) is 0 Å². The van der Waals surface area contributed by atoms with E-state index in [9.17, 15) is 9.18 Å². The lowest BCUT2D eigenvalue weighted by molar-refractivity contribution is 0.101. The fourth-order valence-electron chi connectivity index (χ4n) is 1.37. The van der Waals surface area contributed by atoms with Crippen LogP contribution in [0.1, 0.15) is 10.4 Å². The predicted molar refractivity (Wildman–Crippen MR) is 64.4 cm³/mol. The summed E-state index contributed by atoms with van der Waals surface area (Å²) in [6.45, 7) is 0. The van der Waals surface area contributed by atoms with Gasteiger partial charge < -0.3 is 4.74 Å². The minimum absolute atomic E-state index is 0.134. The van der Waals surface area contributed by atoms with Crippen LogP contribution in [-0.4, -0.2) is 33.8 Å². The van der Waals surface area contributed by atoms with Crippen molar-refractivity contribution < 1.29 is 13.9 Å². The summed E-state index contributed by atoms with van der Waals surface area (Å²) >= 11 is 1.20. The second kappa shape index (κ2) is 5.63. The van der Waals surface area contributed by atoms with Gasteiger partial charge in [0.2, 0.25) is 0 Å². The molecule has 1 heterocycles. The van der Waals surface area contributed by atoms with E-state index < -0.39 is 5.82 Å². The van der Waals surface area contributed by atoms with E-state index in [1.54, 1.807) is 0 Å². The minimum Gasteiger partial charge on any atom is -0.496 e. The molecule has 7 heteroatoms. The van der Waals surface area contributed by atoms with Crippen LogP contribution in [0.4, 0.5) is 4.39 Å². The number of hydrogen-bond acceptors (Lipinski definition) is 5. The molecule has 1 N–H and O–H groups in total. The van der Waals surface area contributed by atoms with Gasteiger partial charge in [0.1, 0.15) is 17.9 Å². The third-order valence-electron chi connectivity index (χ3n) is 2.19. The van der Waals surface area contributed by atoms with Gasteiger partial charge in [-0.1, -0.05) is 11.8 Å². The number of carbonyl (C=O) groups excluding carboxylic acids is 1. The molecule has 1 aromatic carbocycles. The second-order valence-corrected chi connectivity index (χ2v) is 4.31. The number of ether oxygens (including phenoxy) is 1. The van der Waals surface area contributed by atoms with Crippen molar-refractivity contribution in [2.24, 2.45) is 0 Å². The fourth-order valence-corrected chi connectivity index (χ4v) is 2.04. The molecule has 0 fully saturated rings. The first kappa shape index (κ1) is 12.6. The van der Waals surface area contributed by atoms with Crippen molar-refractivity contribution in [2.45, 2.75) is 5.16 Å². The summed E-state index contributed by atoms with van der Waals surface area (Å²) in [5.41, 5.74) is 0.226. The highest BCUT2D eigenvalue weighted by Gasteiger charge is 2.14. The third kappa shape index (κ3) is 2.86. The average Bonchev–Trinajstić information content (AvgIpc) is 2.89. The third-order valence-corrected chi connectivity index (χ3v) is 3.07. The summed E-state index contributed by atoms with van der Waals surface area (Å²) in [7, 11) is 1.44. The molecule has 1 aromatic heterocycles. The number of nitrogens with one attached hydrogen (secondary N) is 1. The molecule has 0 atom stereocenters. The van der Waals surface area contributed by atoms with E-state index in [0.717, 1.165) is 0 Å². The number of hydrogen-bond donors (Lipinski definition) is 1. The molecule has 0 aliphatic heterocycles. The predicted octanol–water partition coefficient (Wildman–Crippen LogP) is 1.93. The highest BCUT2D eigenvalue weighted by Crippen LogP contribution is 2.22. The van der Waals surface area contributed by atoms with E-state index in [1.165, 1.54) is 43.4 Å². The fraction of sp³-hybridized carbons (Fsp3) is 0.182. The summed E-state index contributed by atoms with van der Waals surface area (Å²) in [5, 5.41) is 6.84. The highest BCUT2D eigenvalue weighted by molar-refractivity contribution is 7.99. The molecular formula is C11H10FN3O2S. The Kier molecular flexibility index (Phi) is 3.93. The highest BCUT2D eigenvalue weighted by atomic mass is 32.2. The smallest absolute Gasteiger partial charge is 0.183 e. The van der Waals surface area contributed by atoms with Crippen molar-refractivity contribution >= 4 is 17.5 Å². The van der Waals surface area contributed by atoms with Crippen LogP contribution < -0.4 is 4.74 Å². The maximum Gasteiger partial charge on any atom is 0.183 e. The van der Waals surface area contributed by atoms with Gasteiger partial charge in [-0.05, 0) is 18.2 Å². The Morgan fingerprint density at radius 2 is 2.39 bits per heavy atom. The first-order valence-electron chi connectivity index (χ1n) is 5.05. The summed E-state index contributed by atoms with van der Waals surface area (Å²) in [6.07, 6.45) is 1.36. The Bertz CT molecular complexity index is 545. The van der Waals surface area contributed by atoms with Crippen LogP contribution in [0.25, 0.3) is 0 Å². The number of benzene rings is 1. The van der Waals surface area contributed by atoms with Gasteiger partial charge in [-0.15, -0.1) is 0 Å². The Morgan fingerprint density at radius 3 is 3.06 bits per heavy atom. The largest absolute Gasteiger partial charge is 0.496 e. The Balaban J connectivity index is 2.10. The number of halogens is 1. The lowest BCUT2D eigenvalue weighted by Gasteiger charge is -2.06. The first-order valence-corrected chi connectivity index (χ1v) is 6.04. The molecule has 0 saturated heterocycles. The number of ketones is 1. The van der Waals surface area contributed by atoms with Crippen molar-refractivity contribution in [1.29, 1.82) is 0 Å². The molecule has 0 amide bonds. The minimum atomic E-state index is -0.469. The quantitative estimate of drug-likeness (QED) is 0.662. The number of Topliss-reactive ketones (excluding diaryl/α,β-unsaturated/α-hetero) is 1. The molecular weight excluding hydrogens is 257 g/mol. The van der Waals surface area contributed by atoms with E-state index in [0.29, 0.717) is 10.9 Å². The molecule has 94 valence electrons. The molecule has 0 radical (unpaired) electrons. The second-order valence-electron chi connectivity index (χ2n) is 3.35. The molecule has 0 aliphatic rings. The Labute approximate surface area is 107 Å². The SMILES string of the molecule is COc1ccc(F)cc1C(=O)CSc1ncn[nH]1. The van der Waals surface area contributed by atoms with E-state index in [4.69, 9.17) is 4.74 Å². The zero-order chi connectivity index (χ0) is 13.0. The lowest BCUT2D eigenvalue weighted by Crippen LogP contribution is -2.05. The zero-order valence-corrected chi connectivity index (χ0v) is 10.3. The number of rotatable bonds is 5. The summed E-state index contributed by atoms with van der Waals surface area (Å²) in [6, 6.07) is 3.85. The first-order chi connectivity index (χ1) is 8.70. The van der Waals surface area contributed by atoms with Crippen molar-refractivity contribution in [3.05, 3.63) is 35.9 Å². The number of aromatic amines is 1. The number of methoxy groups -OCH3 is 1. The lowest BCUT2D eigenvalue weighted by atomic mass is 10.1. The maximum atomic E-state index is 13.1. The van der Waals surface area contributed by atoms with Crippen molar-refractivity contribution in [3.63, 3.8) is 0 Å². The Morgan fingerprint density at radius 1 is 1.56 bits per heavy atom. The molecule has 0 bridgehead atoms. The van der Waals surface area contributed by atoms with Gasteiger partial charge in [0.05, 0.1) is 18.4 Å². The number of thioether (sulfide) groups is 1. The standard InChI is InChI=1S/C11H10FN3O2S/c1-17-10-3-2-7(12)4-8(10)9(16)5-18-11-13-6-14-15-11/h2-4,6H,5H2,1H3,(H,13,14,15). The summed E-state index contributed by atoms with van der Waals surface area (Å²) in [4.78, 5) is 15.8. The number of aromatic nitrogens is 3. The molecule has 18 heavy (non-hydrogen) atoms. The summed E-state index contributed by atoms with van der Waals surface area (Å²) < 4.78 is 18.1. The molecule has 0 unspecified atom stereocenters. The topological polar surface area (TPSA) is 67.9 Å². The number of H-pyrrole nitrogens is 1. The van der Waals surface area contributed by atoms with Crippen molar-refractivity contribution in [1.82, 2.24) is 15.2 Å². The van der Waals surface area contributed by atoms with E-state index in [-0.39, 0.29) is 17.1 Å². The van der Waals surface area contributed by atoms with Gasteiger partial charge in [-0.2, -0.15) is 5.10 Å². The molecule has 2 aromatic rings. The van der Waals surface area contributed by atoms with Gasteiger partial charge in [0.15, 0.2) is 10.9 Å². The van der Waals surface area contributed by atoms with Crippen LogP contribution in [0.3, 0.4) is 0 Å². The van der Waals surface area contributed by atoms with Crippen molar-refractivity contribution in [2.75, 3.05) is 12.9 Å². The molecule has 2 rings (SSSR count). The van der Waals surface area contributed by atoms with Crippen LogP contribution in [0.15, 0.2) is 29.7 Å². The van der Waals surface area contributed by atoms with Crippen molar-refractivity contribution in [3.8, 4) is 5.75 Å². The summed E-state index contributed by atoms with van der Waals surface area (Å²) in [5.74, 6) is -0.203. The van der Waals surface area contributed by atoms with Gasteiger partial charge >= 0.3 is 0 Å². The van der Waals surface area contributed by atoms with E-state index >= 15 is 0 Å². The maximum absolute atomic E-state index is 13.1.